The maximum Gasteiger partial charge on any atom is 0.407 e. The zero-order chi connectivity index (χ0) is 15.0. The SMILES string of the molecule is CCCCOC(=O)NCC(=O)Nc1cc(N)ccc1N. The molecule has 0 fully saturated rings. The number of nitrogens with two attached hydrogens (primary N) is 2. The lowest BCUT2D eigenvalue weighted by Crippen LogP contribution is -2.33. The number of nitrogens with one attached hydrogen (secondary N) is 2. The van der Waals surface area contributed by atoms with Crippen LogP contribution >= 0.6 is 0 Å². The van der Waals surface area contributed by atoms with E-state index >= 15 is 0 Å². The van der Waals surface area contributed by atoms with E-state index in [1.54, 1.807) is 18.2 Å². The standard InChI is InChI=1S/C13H20N4O3/c1-2-3-6-20-13(19)16-8-12(18)17-11-7-9(14)4-5-10(11)15/h4-5,7H,2-3,6,8,14-15H2,1H3,(H,16,19)(H,17,18). The zero-order valence-electron chi connectivity index (χ0n) is 11.4. The van der Waals surface area contributed by atoms with Crippen LogP contribution in [0.3, 0.4) is 0 Å². The Morgan fingerprint density at radius 1 is 1.30 bits per heavy atom. The number of rotatable bonds is 6. The van der Waals surface area contributed by atoms with Gasteiger partial charge in [-0.3, -0.25) is 4.79 Å². The van der Waals surface area contributed by atoms with Gasteiger partial charge in [-0.15, -0.1) is 0 Å². The van der Waals surface area contributed by atoms with Crippen molar-refractivity contribution in [2.24, 2.45) is 0 Å². The van der Waals surface area contributed by atoms with E-state index in [0.29, 0.717) is 23.7 Å². The fourth-order valence-corrected chi connectivity index (χ4v) is 1.39. The largest absolute Gasteiger partial charge is 0.450 e. The number of carbonyl (C=O) groups is 2. The quantitative estimate of drug-likeness (QED) is 0.462. The maximum absolute atomic E-state index is 11.6. The third kappa shape index (κ3) is 5.47. The average Bonchev–Trinajstić information content (AvgIpc) is 2.41. The summed E-state index contributed by atoms with van der Waals surface area (Å²) in [6.07, 6.45) is 1.11. The Bertz CT molecular complexity index is 477. The molecule has 0 aliphatic rings. The summed E-state index contributed by atoms with van der Waals surface area (Å²) in [5.41, 5.74) is 12.6. The van der Waals surface area contributed by atoms with E-state index in [0.717, 1.165) is 12.8 Å². The van der Waals surface area contributed by atoms with Gasteiger partial charge in [0.1, 0.15) is 6.54 Å². The van der Waals surface area contributed by atoms with Gasteiger partial charge in [0.05, 0.1) is 18.0 Å². The second-order valence-corrected chi connectivity index (χ2v) is 4.24. The van der Waals surface area contributed by atoms with Crippen molar-refractivity contribution in [3.8, 4) is 0 Å². The van der Waals surface area contributed by atoms with Crippen molar-refractivity contribution >= 4 is 29.1 Å². The molecule has 0 aliphatic carbocycles. The Kier molecular flexibility index (Phi) is 6.15. The molecule has 1 aromatic carbocycles. The normalized spacial score (nSPS) is 9.85. The second kappa shape index (κ2) is 7.88. The third-order valence-electron chi connectivity index (χ3n) is 2.48. The molecule has 0 spiro atoms. The minimum Gasteiger partial charge on any atom is -0.450 e. The van der Waals surface area contributed by atoms with E-state index in [-0.39, 0.29) is 6.54 Å². The van der Waals surface area contributed by atoms with Crippen LogP contribution in [0.2, 0.25) is 0 Å². The highest BCUT2D eigenvalue weighted by Gasteiger charge is 2.08. The van der Waals surface area contributed by atoms with E-state index in [9.17, 15) is 9.59 Å². The first-order valence-corrected chi connectivity index (χ1v) is 6.38. The Hall–Kier alpha value is -2.44. The van der Waals surface area contributed by atoms with Gasteiger partial charge in [0.2, 0.25) is 5.91 Å². The first-order valence-electron chi connectivity index (χ1n) is 6.38. The van der Waals surface area contributed by atoms with Crippen molar-refractivity contribution < 1.29 is 14.3 Å². The van der Waals surface area contributed by atoms with Crippen molar-refractivity contribution in [2.75, 3.05) is 29.9 Å². The number of benzene rings is 1. The van der Waals surface area contributed by atoms with E-state index in [4.69, 9.17) is 16.2 Å². The molecular formula is C13H20N4O3. The smallest absolute Gasteiger partial charge is 0.407 e. The Morgan fingerprint density at radius 3 is 2.75 bits per heavy atom. The molecule has 0 radical (unpaired) electrons. The number of carbonyl (C=O) groups excluding carboxylic acids is 2. The average molecular weight is 280 g/mol. The molecule has 20 heavy (non-hydrogen) atoms. The minimum absolute atomic E-state index is 0.195. The fraction of sp³-hybridized carbons (Fsp3) is 0.385. The maximum atomic E-state index is 11.6. The topological polar surface area (TPSA) is 119 Å². The lowest BCUT2D eigenvalue weighted by molar-refractivity contribution is -0.115. The van der Waals surface area contributed by atoms with Gasteiger partial charge in [-0.2, -0.15) is 0 Å². The highest BCUT2D eigenvalue weighted by molar-refractivity contribution is 5.96. The molecule has 110 valence electrons. The van der Waals surface area contributed by atoms with Gasteiger partial charge in [-0.1, -0.05) is 13.3 Å². The predicted octanol–water partition coefficient (Wildman–Crippen LogP) is 1.32. The first kappa shape index (κ1) is 15.6. The Labute approximate surface area is 117 Å². The van der Waals surface area contributed by atoms with Crippen molar-refractivity contribution in [1.82, 2.24) is 5.32 Å². The molecule has 6 N–H and O–H groups in total. The zero-order valence-corrected chi connectivity index (χ0v) is 11.4. The van der Waals surface area contributed by atoms with Gasteiger partial charge in [0, 0.05) is 5.69 Å². The molecule has 0 bridgehead atoms. The molecule has 2 amide bonds. The summed E-state index contributed by atoms with van der Waals surface area (Å²) in [5.74, 6) is -0.408. The molecule has 0 saturated carbocycles. The molecular weight excluding hydrogens is 260 g/mol. The molecule has 0 aliphatic heterocycles. The van der Waals surface area contributed by atoms with Crippen LogP contribution < -0.4 is 22.1 Å². The summed E-state index contributed by atoms with van der Waals surface area (Å²) in [4.78, 5) is 22.9. The van der Waals surface area contributed by atoms with Crippen LogP contribution in [0, 0.1) is 0 Å². The van der Waals surface area contributed by atoms with Crippen LogP contribution in [-0.4, -0.2) is 25.2 Å². The number of alkyl carbamates (subject to hydrolysis) is 1. The number of amides is 2. The first-order chi connectivity index (χ1) is 9.52. The van der Waals surface area contributed by atoms with Gasteiger partial charge in [0.25, 0.3) is 0 Å². The molecule has 0 aromatic heterocycles. The fourth-order valence-electron chi connectivity index (χ4n) is 1.39. The van der Waals surface area contributed by atoms with E-state index in [1.165, 1.54) is 0 Å². The van der Waals surface area contributed by atoms with E-state index < -0.39 is 12.0 Å². The third-order valence-corrected chi connectivity index (χ3v) is 2.48. The number of anilines is 3. The van der Waals surface area contributed by atoms with Crippen LogP contribution in [0.4, 0.5) is 21.9 Å². The monoisotopic (exact) mass is 280 g/mol. The highest BCUT2D eigenvalue weighted by atomic mass is 16.5. The van der Waals surface area contributed by atoms with Crippen molar-refractivity contribution in [3.05, 3.63) is 18.2 Å². The van der Waals surface area contributed by atoms with Crippen LogP contribution in [0.15, 0.2) is 18.2 Å². The van der Waals surface area contributed by atoms with Gasteiger partial charge in [-0.25, -0.2) is 4.79 Å². The number of hydrogen-bond donors (Lipinski definition) is 4. The Balaban J connectivity index is 2.36. The summed E-state index contributed by atoms with van der Waals surface area (Å²) >= 11 is 0. The molecule has 1 rings (SSSR count). The molecule has 0 unspecified atom stereocenters. The predicted molar refractivity (Wildman–Crippen MR) is 78.2 cm³/mol. The van der Waals surface area contributed by atoms with Crippen molar-refractivity contribution in [3.63, 3.8) is 0 Å². The summed E-state index contributed by atoms with van der Waals surface area (Å²) in [6.45, 7) is 2.13. The Morgan fingerprint density at radius 2 is 2.05 bits per heavy atom. The van der Waals surface area contributed by atoms with Gasteiger partial charge in [-0.05, 0) is 24.6 Å². The van der Waals surface area contributed by atoms with Crippen LogP contribution in [0.5, 0.6) is 0 Å². The van der Waals surface area contributed by atoms with Gasteiger partial charge >= 0.3 is 6.09 Å². The lowest BCUT2D eigenvalue weighted by atomic mass is 10.2. The van der Waals surface area contributed by atoms with E-state index in [1.807, 2.05) is 6.92 Å². The summed E-state index contributed by atoms with van der Waals surface area (Å²) < 4.78 is 4.85. The summed E-state index contributed by atoms with van der Waals surface area (Å²) in [5, 5.41) is 4.91. The number of unbranched alkanes of at least 4 members (excludes halogenated alkanes) is 1. The molecule has 0 heterocycles. The van der Waals surface area contributed by atoms with Crippen LogP contribution in [0.25, 0.3) is 0 Å². The number of hydrogen-bond acceptors (Lipinski definition) is 5. The molecule has 0 atom stereocenters. The molecule has 1 aromatic rings. The second-order valence-electron chi connectivity index (χ2n) is 4.24. The summed E-state index contributed by atoms with van der Waals surface area (Å²) in [7, 11) is 0. The number of nitrogen functional groups attached to an aromatic ring is 2. The number of ether oxygens (including phenoxy) is 1. The van der Waals surface area contributed by atoms with Gasteiger partial charge < -0.3 is 26.8 Å². The van der Waals surface area contributed by atoms with Gasteiger partial charge in [0.15, 0.2) is 0 Å². The van der Waals surface area contributed by atoms with Crippen LogP contribution in [0.1, 0.15) is 19.8 Å². The van der Waals surface area contributed by atoms with E-state index in [2.05, 4.69) is 10.6 Å². The minimum atomic E-state index is -0.617. The van der Waals surface area contributed by atoms with Crippen molar-refractivity contribution in [2.45, 2.75) is 19.8 Å². The summed E-state index contributed by atoms with van der Waals surface area (Å²) in [6, 6.07) is 4.78. The lowest BCUT2D eigenvalue weighted by Gasteiger charge is -2.10. The molecule has 7 nitrogen and oxygen atoms in total. The van der Waals surface area contributed by atoms with Crippen molar-refractivity contribution in [1.29, 1.82) is 0 Å². The highest BCUT2D eigenvalue weighted by Crippen LogP contribution is 2.20. The molecule has 7 heteroatoms. The molecule has 0 saturated heterocycles. The van der Waals surface area contributed by atoms with Crippen LogP contribution in [-0.2, 0) is 9.53 Å².